The fourth-order valence-corrected chi connectivity index (χ4v) is 4.72. The molecular formula is C22H29ClN2O4. The number of fused-ring (bicyclic) bond motifs is 3. The Kier molecular flexibility index (Phi) is 6.16. The quantitative estimate of drug-likeness (QED) is 0.367. The summed E-state index contributed by atoms with van der Waals surface area (Å²) in [4.78, 5) is 7.11. The van der Waals surface area contributed by atoms with Crippen molar-refractivity contribution >= 4 is 22.5 Å². The van der Waals surface area contributed by atoms with Crippen LogP contribution in [0.25, 0.3) is 10.9 Å². The predicted octanol–water partition coefficient (Wildman–Crippen LogP) is 3.85. The van der Waals surface area contributed by atoms with Crippen LogP contribution in [0.5, 0.6) is 11.5 Å². The molecule has 1 aliphatic carbocycles. The molecule has 0 radical (unpaired) electrons. The van der Waals surface area contributed by atoms with E-state index < -0.39 is 5.79 Å². The van der Waals surface area contributed by atoms with Gasteiger partial charge in [-0.05, 0) is 49.5 Å². The van der Waals surface area contributed by atoms with Crippen molar-refractivity contribution in [3.63, 3.8) is 0 Å². The molecule has 158 valence electrons. The zero-order valence-corrected chi connectivity index (χ0v) is 18.2. The second kappa shape index (κ2) is 8.64. The number of nitrogens with zero attached hydrogens (tertiary/aromatic N) is 2. The molecule has 1 fully saturated rings. The molecule has 7 heteroatoms. The minimum atomic E-state index is -0.695. The molecule has 4 rings (SSSR count). The number of pyridine rings is 1. The first-order valence-corrected chi connectivity index (χ1v) is 10.6. The third-order valence-corrected chi connectivity index (χ3v) is 6.46. The zero-order chi connectivity index (χ0) is 20.4. The van der Waals surface area contributed by atoms with E-state index in [-0.39, 0.29) is 0 Å². The van der Waals surface area contributed by atoms with Gasteiger partial charge in [-0.25, -0.2) is 4.98 Å². The van der Waals surface area contributed by atoms with Crippen LogP contribution in [0, 0.1) is 0 Å². The van der Waals surface area contributed by atoms with E-state index in [0.717, 1.165) is 35.0 Å². The Morgan fingerprint density at radius 3 is 2.45 bits per heavy atom. The first kappa shape index (κ1) is 20.7. The van der Waals surface area contributed by atoms with Crippen LogP contribution in [0.4, 0.5) is 0 Å². The van der Waals surface area contributed by atoms with Crippen molar-refractivity contribution in [3.05, 3.63) is 28.4 Å². The van der Waals surface area contributed by atoms with Crippen LogP contribution in [0.15, 0.2) is 12.1 Å². The van der Waals surface area contributed by atoms with E-state index in [2.05, 4.69) is 9.88 Å². The van der Waals surface area contributed by atoms with Crippen LogP contribution in [-0.4, -0.2) is 63.2 Å². The van der Waals surface area contributed by atoms with Gasteiger partial charge in [0.2, 0.25) is 0 Å². The van der Waals surface area contributed by atoms with E-state index in [9.17, 15) is 0 Å². The maximum Gasteiger partial charge on any atom is 0.175 e. The van der Waals surface area contributed by atoms with Gasteiger partial charge in [0.05, 0.1) is 19.2 Å². The molecular weight excluding hydrogens is 392 g/mol. The predicted molar refractivity (Wildman–Crippen MR) is 113 cm³/mol. The summed E-state index contributed by atoms with van der Waals surface area (Å²) in [5.41, 5.74) is 2.87. The van der Waals surface area contributed by atoms with Gasteiger partial charge in [-0.15, -0.1) is 0 Å². The summed E-state index contributed by atoms with van der Waals surface area (Å²) in [5.74, 6) is 0.713. The average Bonchev–Trinajstić information content (AvgIpc) is 3.39. The lowest BCUT2D eigenvalue weighted by Crippen LogP contribution is -2.34. The average molecular weight is 421 g/mol. The number of rotatable bonds is 8. The molecule has 1 aromatic carbocycles. The van der Waals surface area contributed by atoms with Crippen molar-refractivity contribution in [2.75, 3.05) is 47.6 Å². The molecule has 0 amide bonds. The number of halogens is 1. The highest BCUT2D eigenvalue weighted by molar-refractivity contribution is 6.31. The number of aromatic nitrogens is 1. The molecule has 6 nitrogen and oxygen atoms in total. The monoisotopic (exact) mass is 420 g/mol. The van der Waals surface area contributed by atoms with E-state index in [1.165, 1.54) is 25.9 Å². The highest BCUT2D eigenvalue weighted by atomic mass is 35.5. The van der Waals surface area contributed by atoms with Crippen LogP contribution in [0.3, 0.4) is 0 Å². The molecule has 0 atom stereocenters. The minimum Gasteiger partial charge on any atom is -0.493 e. The Morgan fingerprint density at radius 1 is 1.03 bits per heavy atom. The summed E-state index contributed by atoms with van der Waals surface area (Å²) in [7, 11) is 4.98. The first-order valence-electron chi connectivity index (χ1n) is 10.2. The summed E-state index contributed by atoms with van der Waals surface area (Å²) >= 11 is 6.52. The van der Waals surface area contributed by atoms with Gasteiger partial charge in [0.1, 0.15) is 5.15 Å². The summed E-state index contributed by atoms with van der Waals surface area (Å²) in [6.45, 7) is 4.13. The zero-order valence-electron chi connectivity index (χ0n) is 17.4. The molecule has 0 N–H and O–H groups in total. The second-order valence-electron chi connectivity index (χ2n) is 7.80. The number of ether oxygens (including phenoxy) is 4. The van der Waals surface area contributed by atoms with Crippen molar-refractivity contribution < 1.29 is 18.9 Å². The van der Waals surface area contributed by atoms with E-state index >= 15 is 0 Å². The normalized spacial score (nSPS) is 18.3. The number of methoxy groups -OCH3 is 3. The topological polar surface area (TPSA) is 53.1 Å². The molecule has 2 heterocycles. The summed E-state index contributed by atoms with van der Waals surface area (Å²) in [5, 5.41) is 1.50. The molecule has 2 aromatic rings. The largest absolute Gasteiger partial charge is 0.493 e. The number of likely N-dealkylation sites (tertiary alicyclic amines) is 1. The molecule has 0 unspecified atom stereocenters. The van der Waals surface area contributed by atoms with E-state index in [0.29, 0.717) is 36.1 Å². The summed E-state index contributed by atoms with van der Waals surface area (Å²) in [6.07, 6.45) is 4.80. The maximum absolute atomic E-state index is 6.52. The molecule has 1 saturated heterocycles. The fraction of sp³-hybridized carbons (Fsp3) is 0.591. The first-order chi connectivity index (χ1) is 14.1. The SMILES string of the molecule is COc1cc2c3c(c(Cl)nc2cc1OCCCN1CCCC1)CC(OC)(OC)C3. The third-order valence-electron chi connectivity index (χ3n) is 6.15. The van der Waals surface area contributed by atoms with Gasteiger partial charge in [-0.2, -0.15) is 0 Å². The number of hydrogen-bond donors (Lipinski definition) is 0. The third kappa shape index (κ3) is 4.04. The molecule has 1 aromatic heterocycles. The fourth-order valence-electron chi connectivity index (χ4n) is 4.45. The van der Waals surface area contributed by atoms with Crippen LogP contribution >= 0.6 is 11.6 Å². The Balaban J connectivity index is 1.57. The van der Waals surface area contributed by atoms with Gasteiger partial charge in [0.25, 0.3) is 0 Å². The Labute approximate surface area is 177 Å². The van der Waals surface area contributed by atoms with E-state index in [1.807, 2.05) is 12.1 Å². The van der Waals surface area contributed by atoms with Crippen molar-refractivity contribution in [1.29, 1.82) is 0 Å². The Hall–Kier alpha value is -1.60. The summed E-state index contributed by atoms with van der Waals surface area (Å²) < 4.78 is 23.0. The van der Waals surface area contributed by atoms with Gasteiger partial charge in [-0.1, -0.05) is 11.6 Å². The Morgan fingerprint density at radius 2 is 1.76 bits per heavy atom. The molecule has 2 aliphatic rings. The minimum absolute atomic E-state index is 0.494. The Bertz CT molecular complexity index is 879. The van der Waals surface area contributed by atoms with Crippen LogP contribution in [0.1, 0.15) is 30.4 Å². The molecule has 1 aliphatic heterocycles. The maximum atomic E-state index is 6.52. The number of benzene rings is 1. The van der Waals surface area contributed by atoms with E-state index in [1.54, 1.807) is 21.3 Å². The lowest BCUT2D eigenvalue weighted by atomic mass is 10.0. The van der Waals surface area contributed by atoms with Crippen LogP contribution < -0.4 is 9.47 Å². The highest BCUT2D eigenvalue weighted by Crippen LogP contribution is 2.42. The second-order valence-corrected chi connectivity index (χ2v) is 8.16. The number of hydrogen-bond acceptors (Lipinski definition) is 6. The molecule has 0 spiro atoms. The van der Waals surface area contributed by atoms with E-state index in [4.69, 9.17) is 30.5 Å². The lowest BCUT2D eigenvalue weighted by Gasteiger charge is -2.25. The van der Waals surface area contributed by atoms with Crippen molar-refractivity contribution in [2.45, 2.75) is 37.9 Å². The van der Waals surface area contributed by atoms with Crippen molar-refractivity contribution in [1.82, 2.24) is 9.88 Å². The standard InChI is InChI=1S/C22H29ClN2O4/c1-26-19-11-15-16-13-22(27-2,28-3)14-17(16)21(23)24-18(15)12-20(19)29-10-6-9-25-7-4-5-8-25/h11-12H,4-10,13-14H2,1-3H3. The molecule has 0 saturated carbocycles. The molecule has 0 bridgehead atoms. The summed E-state index contributed by atoms with van der Waals surface area (Å²) in [6, 6.07) is 3.92. The smallest absolute Gasteiger partial charge is 0.175 e. The van der Waals surface area contributed by atoms with Crippen molar-refractivity contribution in [2.24, 2.45) is 0 Å². The van der Waals surface area contributed by atoms with Gasteiger partial charge in [-0.3, -0.25) is 0 Å². The highest BCUT2D eigenvalue weighted by Gasteiger charge is 2.40. The van der Waals surface area contributed by atoms with Crippen LogP contribution in [-0.2, 0) is 22.3 Å². The van der Waals surface area contributed by atoms with Gasteiger partial charge < -0.3 is 23.8 Å². The lowest BCUT2D eigenvalue weighted by molar-refractivity contribution is -0.198. The van der Waals surface area contributed by atoms with Crippen LogP contribution in [0.2, 0.25) is 5.15 Å². The van der Waals surface area contributed by atoms with Crippen molar-refractivity contribution in [3.8, 4) is 11.5 Å². The molecule has 29 heavy (non-hydrogen) atoms. The van der Waals surface area contributed by atoms with Gasteiger partial charge in [0, 0.05) is 45.1 Å². The van der Waals surface area contributed by atoms with Gasteiger partial charge >= 0.3 is 0 Å². The van der Waals surface area contributed by atoms with Gasteiger partial charge in [0.15, 0.2) is 17.3 Å².